The maximum atomic E-state index is 15.9. The number of amides is 1. The topological polar surface area (TPSA) is 96.1 Å². The van der Waals surface area contributed by atoms with Gasteiger partial charge in [0.05, 0.1) is 41.9 Å². The van der Waals surface area contributed by atoms with Gasteiger partial charge in [-0.3, -0.25) is 14.3 Å². The van der Waals surface area contributed by atoms with Crippen LogP contribution in [0.15, 0.2) is 48.9 Å². The molecule has 2 aliphatic rings. The summed E-state index contributed by atoms with van der Waals surface area (Å²) in [5.41, 5.74) is 2.64. The molecule has 2 fully saturated rings. The van der Waals surface area contributed by atoms with Crippen LogP contribution in [0, 0.1) is 11.7 Å². The summed E-state index contributed by atoms with van der Waals surface area (Å²) >= 11 is 0. The van der Waals surface area contributed by atoms with Crippen LogP contribution in [0.2, 0.25) is 0 Å². The summed E-state index contributed by atoms with van der Waals surface area (Å²) in [7, 11) is 1.75. The van der Waals surface area contributed by atoms with Gasteiger partial charge in [0, 0.05) is 50.2 Å². The van der Waals surface area contributed by atoms with Gasteiger partial charge >= 0.3 is 0 Å². The summed E-state index contributed by atoms with van der Waals surface area (Å²) in [6.45, 7) is 2.89. The molecule has 1 atom stereocenters. The van der Waals surface area contributed by atoms with E-state index in [9.17, 15) is 9.59 Å². The minimum atomic E-state index is -0.590. The molecular weight excluding hydrogens is 527 g/mol. The first-order valence-electron chi connectivity index (χ1n) is 14.0. The van der Waals surface area contributed by atoms with Gasteiger partial charge in [-0.05, 0) is 67.9 Å². The Balaban J connectivity index is 1.32. The summed E-state index contributed by atoms with van der Waals surface area (Å²) in [6, 6.07) is 8.34. The van der Waals surface area contributed by atoms with Gasteiger partial charge < -0.3 is 23.9 Å². The van der Waals surface area contributed by atoms with Crippen LogP contribution >= 0.6 is 0 Å². The molecule has 1 unspecified atom stereocenters. The highest BCUT2D eigenvalue weighted by atomic mass is 19.1. The van der Waals surface area contributed by atoms with E-state index < -0.39 is 11.7 Å². The Kier molecular flexibility index (Phi) is 7.59. The first kappa shape index (κ1) is 27.2. The molecule has 4 aromatic rings. The lowest BCUT2D eigenvalue weighted by atomic mass is 10.0. The lowest BCUT2D eigenvalue weighted by Crippen LogP contribution is -2.22. The fourth-order valence-corrected chi connectivity index (χ4v) is 5.07. The molecule has 1 N–H and O–H groups in total. The van der Waals surface area contributed by atoms with Gasteiger partial charge in [0.15, 0.2) is 17.9 Å². The fourth-order valence-electron chi connectivity index (χ4n) is 5.07. The zero-order valence-electron chi connectivity index (χ0n) is 23.2. The number of nitrogens with zero attached hydrogens (tertiary/aromatic N) is 3. The second-order valence-corrected chi connectivity index (χ2v) is 10.8. The molecule has 6 rings (SSSR count). The van der Waals surface area contributed by atoms with Crippen LogP contribution in [0.25, 0.3) is 16.6 Å². The van der Waals surface area contributed by atoms with Crippen LogP contribution in [0.1, 0.15) is 65.4 Å². The summed E-state index contributed by atoms with van der Waals surface area (Å²) in [5.74, 6) is -0.154. The quantitative estimate of drug-likeness (QED) is 0.248. The molecule has 214 valence electrons. The number of nitrogens with one attached hydrogen (secondary N) is 1. The van der Waals surface area contributed by atoms with Gasteiger partial charge in [-0.1, -0.05) is 0 Å². The van der Waals surface area contributed by atoms with Crippen LogP contribution in [-0.4, -0.2) is 45.4 Å². The number of pyridine rings is 1. The summed E-state index contributed by atoms with van der Waals surface area (Å²) < 4.78 is 36.7. The Morgan fingerprint density at radius 3 is 2.73 bits per heavy atom. The minimum Gasteiger partial charge on any atom is -0.493 e. The number of halogens is 1. The van der Waals surface area contributed by atoms with Crippen LogP contribution in [-0.2, 0) is 23.1 Å². The lowest BCUT2D eigenvalue weighted by molar-refractivity contribution is -0.168. The first-order valence-corrected chi connectivity index (χ1v) is 14.0. The summed E-state index contributed by atoms with van der Waals surface area (Å²) in [4.78, 5) is 26.1. The number of ketones is 1. The molecule has 1 amide bonds. The van der Waals surface area contributed by atoms with E-state index in [-0.39, 0.29) is 29.9 Å². The van der Waals surface area contributed by atoms with Crippen LogP contribution in [0.3, 0.4) is 0 Å². The van der Waals surface area contributed by atoms with Crippen molar-refractivity contribution < 1.29 is 28.2 Å². The van der Waals surface area contributed by atoms with Gasteiger partial charge in [0.2, 0.25) is 0 Å². The third-order valence-corrected chi connectivity index (χ3v) is 7.50. The monoisotopic (exact) mass is 560 g/mol. The predicted molar refractivity (Wildman–Crippen MR) is 151 cm³/mol. The Morgan fingerprint density at radius 1 is 1.17 bits per heavy atom. The van der Waals surface area contributed by atoms with Crippen LogP contribution in [0.4, 0.5) is 10.1 Å². The fraction of sp³-hybridized carbons (Fsp3) is 0.387. The standard InChI is InChI=1S/C31H33FN4O5/c1-19(37)27-14-25(28-13-23(8-9-36(27)28)40-17-20-6-7-20)31(38)34-26-12-21(18-41-29-5-3-4-10-39-29)11-24(30(26)32)22-15-33-35(2)16-22/h8-9,11-16,20,29H,3-7,10,17-18H2,1-2H3,(H,34,38). The number of benzene rings is 1. The zero-order chi connectivity index (χ0) is 28.5. The lowest BCUT2D eigenvalue weighted by Gasteiger charge is -2.23. The Hall–Kier alpha value is -4.02. The van der Waals surface area contributed by atoms with E-state index in [0.717, 1.165) is 32.1 Å². The smallest absolute Gasteiger partial charge is 0.257 e. The van der Waals surface area contributed by atoms with Gasteiger partial charge in [-0.25, -0.2) is 4.39 Å². The van der Waals surface area contributed by atoms with Gasteiger partial charge in [-0.15, -0.1) is 0 Å². The Bertz CT molecular complexity index is 1600. The molecule has 10 heteroatoms. The SMILES string of the molecule is CC(=O)c1cc(C(=O)Nc2cc(COC3CCCCO3)cc(-c3cnn(C)c3)c2F)c2cc(OCC3CC3)ccn12. The highest BCUT2D eigenvalue weighted by molar-refractivity contribution is 6.11. The highest BCUT2D eigenvalue weighted by Crippen LogP contribution is 2.33. The van der Waals surface area contributed by atoms with Crippen molar-refractivity contribution in [2.75, 3.05) is 18.5 Å². The molecule has 0 bridgehead atoms. The number of carbonyl (C=O) groups is 2. The molecule has 9 nitrogen and oxygen atoms in total. The second-order valence-electron chi connectivity index (χ2n) is 10.8. The number of aromatic nitrogens is 3. The van der Waals surface area contributed by atoms with Crippen molar-refractivity contribution in [2.45, 2.75) is 51.9 Å². The molecule has 0 spiro atoms. The number of hydrogen-bond donors (Lipinski definition) is 1. The number of hydrogen-bond acceptors (Lipinski definition) is 6. The maximum Gasteiger partial charge on any atom is 0.257 e. The maximum absolute atomic E-state index is 15.9. The zero-order valence-corrected chi connectivity index (χ0v) is 23.2. The number of rotatable bonds is 10. The number of fused-ring (bicyclic) bond motifs is 1. The predicted octanol–water partition coefficient (Wildman–Crippen LogP) is 5.77. The molecule has 1 saturated heterocycles. The molecule has 1 aromatic carbocycles. The van der Waals surface area contributed by atoms with Crippen LogP contribution in [0.5, 0.6) is 5.75 Å². The van der Waals surface area contributed by atoms with E-state index >= 15 is 4.39 Å². The van der Waals surface area contributed by atoms with E-state index in [1.807, 2.05) is 0 Å². The van der Waals surface area contributed by atoms with Crippen molar-refractivity contribution in [3.05, 3.63) is 71.6 Å². The highest BCUT2D eigenvalue weighted by Gasteiger charge is 2.24. The first-order chi connectivity index (χ1) is 19.9. The van der Waals surface area contributed by atoms with Crippen molar-refractivity contribution in [3.63, 3.8) is 0 Å². The number of Topliss-reactive ketones (excluding diaryl/α,β-unsaturated/α-hetero) is 1. The Labute approximate surface area is 237 Å². The number of carbonyl (C=O) groups excluding carboxylic acids is 2. The van der Waals surface area contributed by atoms with E-state index in [1.165, 1.54) is 13.0 Å². The normalized spacial score (nSPS) is 17.1. The number of aryl methyl sites for hydroxylation is 1. The van der Waals surface area contributed by atoms with E-state index in [2.05, 4.69) is 10.4 Å². The van der Waals surface area contributed by atoms with Crippen molar-refractivity contribution in [1.29, 1.82) is 0 Å². The minimum absolute atomic E-state index is 0.00405. The largest absolute Gasteiger partial charge is 0.493 e. The third kappa shape index (κ3) is 6.03. The van der Waals surface area contributed by atoms with E-state index in [1.54, 1.807) is 59.0 Å². The number of ether oxygens (including phenoxy) is 3. The van der Waals surface area contributed by atoms with Crippen molar-refractivity contribution >= 4 is 22.9 Å². The van der Waals surface area contributed by atoms with E-state index in [4.69, 9.17) is 14.2 Å². The molecule has 0 radical (unpaired) electrons. The molecule has 1 aliphatic carbocycles. The molecule has 1 saturated carbocycles. The molecule has 4 heterocycles. The van der Waals surface area contributed by atoms with Crippen molar-refractivity contribution in [3.8, 4) is 16.9 Å². The van der Waals surface area contributed by atoms with Crippen molar-refractivity contribution in [2.24, 2.45) is 13.0 Å². The average Bonchev–Trinajstić information content (AvgIpc) is 3.58. The van der Waals surface area contributed by atoms with Crippen LogP contribution < -0.4 is 10.1 Å². The molecule has 41 heavy (non-hydrogen) atoms. The molecule has 3 aromatic heterocycles. The Morgan fingerprint density at radius 2 is 2.02 bits per heavy atom. The van der Waals surface area contributed by atoms with Crippen molar-refractivity contribution in [1.82, 2.24) is 14.2 Å². The van der Waals surface area contributed by atoms with Gasteiger partial charge in [0.1, 0.15) is 5.75 Å². The molecular formula is C31H33FN4O5. The second kappa shape index (κ2) is 11.5. The summed E-state index contributed by atoms with van der Waals surface area (Å²) in [6.07, 6.45) is 9.82. The third-order valence-electron chi connectivity index (χ3n) is 7.50. The van der Waals surface area contributed by atoms with Gasteiger partial charge in [-0.2, -0.15) is 5.10 Å². The van der Waals surface area contributed by atoms with Gasteiger partial charge in [0.25, 0.3) is 5.91 Å². The number of anilines is 1. The van der Waals surface area contributed by atoms with E-state index in [0.29, 0.717) is 52.8 Å². The summed E-state index contributed by atoms with van der Waals surface area (Å²) in [5, 5.41) is 6.93. The molecule has 1 aliphatic heterocycles. The average molecular weight is 561 g/mol.